The van der Waals surface area contributed by atoms with Gasteiger partial charge in [-0.15, -0.1) is 0 Å². The minimum atomic E-state index is -0.249. The monoisotopic (exact) mass is 265 g/mol. The summed E-state index contributed by atoms with van der Waals surface area (Å²) in [5.41, 5.74) is 0.574. The zero-order chi connectivity index (χ0) is 13.5. The van der Waals surface area contributed by atoms with Crippen LogP contribution in [0.1, 0.15) is 13.3 Å². The van der Waals surface area contributed by atoms with Crippen molar-refractivity contribution in [1.29, 1.82) is 0 Å². The Bertz CT molecular complexity index is 419. The van der Waals surface area contributed by atoms with Gasteiger partial charge in [0.25, 0.3) is 0 Å². The fourth-order valence-electron chi connectivity index (χ4n) is 1.89. The van der Waals surface area contributed by atoms with Crippen LogP contribution in [0.4, 0.5) is 10.5 Å². The first-order valence-electron chi connectivity index (χ1n) is 6.50. The highest BCUT2D eigenvalue weighted by Gasteiger charge is 2.16. The molecule has 0 radical (unpaired) electrons. The Morgan fingerprint density at radius 1 is 1.63 bits per heavy atom. The van der Waals surface area contributed by atoms with Gasteiger partial charge >= 0.3 is 6.03 Å². The SMILES string of the molecule is CCOc1ncccc1NC(=O)NCC1CCOC1. The van der Waals surface area contributed by atoms with Gasteiger partial charge in [-0.25, -0.2) is 9.78 Å². The predicted octanol–water partition coefficient (Wildman–Crippen LogP) is 1.64. The Balaban J connectivity index is 1.83. The third kappa shape index (κ3) is 4.10. The van der Waals surface area contributed by atoms with Crippen molar-refractivity contribution in [2.75, 3.05) is 31.7 Å². The van der Waals surface area contributed by atoms with E-state index in [4.69, 9.17) is 9.47 Å². The molecular weight excluding hydrogens is 246 g/mol. The van der Waals surface area contributed by atoms with Crippen LogP contribution in [0.25, 0.3) is 0 Å². The van der Waals surface area contributed by atoms with Crippen LogP contribution in [0.5, 0.6) is 5.88 Å². The largest absolute Gasteiger partial charge is 0.476 e. The second kappa shape index (κ2) is 6.94. The Morgan fingerprint density at radius 3 is 3.26 bits per heavy atom. The number of hydrogen-bond donors (Lipinski definition) is 2. The lowest BCUT2D eigenvalue weighted by molar-refractivity contribution is 0.185. The maximum absolute atomic E-state index is 11.8. The van der Waals surface area contributed by atoms with Crippen LogP contribution in [-0.4, -0.2) is 37.4 Å². The number of hydrogen-bond acceptors (Lipinski definition) is 4. The van der Waals surface area contributed by atoms with Gasteiger partial charge < -0.3 is 20.1 Å². The molecule has 0 bridgehead atoms. The second-order valence-corrected chi connectivity index (χ2v) is 4.35. The van der Waals surface area contributed by atoms with Crippen LogP contribution in [0.3, 0.4) is 0 Å². The number of amides is 2. The van der Waals surface area contributed by atoms with Crippen LogP contribution in [0.15, 0.2) is 18.3 Å². The Morgan fingerprint density at radius 2 is 2.53 bits per heavy atom. The summed E-state index contributed by atoms with van der Waals surface area (Å²) >= 11 is 0. The predicted molar refractivity (Wildman–Crippen MR) is 71.4 cm³/mol. The molecule has 0 aromatic carbocycles. The van der Waals surface area contributed by atoms with E-state index in [1.807, 2.05) is 6.92 Å². The highest BCUT2D eigenvalue weighted by Crippen LogP contribution is 2.20. The standard InChI is InChI=1S/C13H19N3O3/c1-2-19-12-11(4-3-6-14-12)16-13(17)15-8-10-5-7-18-9-10/h3-4,6,10H,2,5,7-9H2,1H3,(H2,15,16,17). The summed E-state index contributed by atoms with van der Waals surface area (Å²) in [7, 11) is 0. The van der Waals surface area contributed by atoms with Gasteiger partial charge in [-0.05, 0) is 25.5 Å². The van der Waals surface area contributed by atoms with E-state index in [0.717, 1.165) is 19.6 Å². The van der Waals surface area contributed by atoms with Crippen LogP contribution in [-0.2, 0) is 4.74 Å². The molecule has 6 nitrogen and oxygen atoms in total. The topological polar surface area (TPSA) is 72.5 Å². The van der Waals surface area contributed by atoms with Gasteiger partial charge in [0.1, 0.15) is 5.69 Å². The van der Waals surface area contributed by atoms with E-state index >= 15 is 0 Å². The number of carbonyl (C=O) groups excluding carboxylic acids is 1. The van der Waals surface area contributed by atoms with Crippen LogP contribution in [0.2, 0.25) is 0 Å². The molecule has 1 fully saturated rings. The van der Waals surface area contributed by atoms with Crippen molar-refractivity contribution in [3.05, 3.63) is 18.3 Å². The number of carbonyl (C=O) groups is 1. The average Bonchev–Trinajstić information content (AvgIpc) is 2.92. The zero-order valence-corrected chi connectivity index (χ0v) is 11.0. The molecule has 104 valence electrons. The number of urea groups is 1. The van der Waals surface area contributed by atoms with Crippen molar-refractivity contribution in [3.63, 3.8) is 0 Å². The molecular formula is C13H19N3O3. The number of rotatable bonds is 5. The van der Waals surface area contributed by atoms with Gasteiger partial charge in [-0.3, -0.25) is 0 Å². The minimum absolute atomic E-state index is 0.249. The van der Waals surface area contributed by atoms with Gasteiger partial charge in [-0.2, -0.15) is 0 Å². The van der Waals surface area contributed by atoms with Crippen LogP contribution >= 0.6 is 0 Å². The first kappa shape index (κ1) is 13.6. The molecule has 0 spiro atoms. The molecule has 0 aliphatic carbocycles. The highest BCUT2D eigenvalue weighted by atomic mass is 16.5. The molecule has 2 amide bonds. The van der Waals surface area contributed by atoms with E-state index < -0.39 is 0 Å². The fraction of sp³-hybridized carbons (Fsp3) is 0.538. The lowest BCUT2D eigenvalue weighted by Crippen LogP contribution is -2.33. The molecule has 2 heterocycles. The van der Waals surface area contributed by atoms with Crippen molar-refractivity contribution in [3.8, 4) is 5.88 Å². The lowest BCUT2D eigenvalue weighted by atomic mass is 10.1. The number of anilines is 1. The molecule has 1 aliphatic rings. The normalized spacial score (nSPS) is 18.1. The van der Waals surface area contributed by atoms with E-state index in [1.54, 1.807) is 18.3 Å². The van der Waals surface area contributed by atoms with E-state index in [-0.39, 0.29) is 6.03 Å². The van der Waals surface area contributed by atoms with Crippen molar-refractivity contribution < 1.29 is 14.3 Å². The van der Waals surface area contributed by atoms with Gasteiger partial charge in [-0.1, -0.05) is 0 Å². The molecule has 0 saturated carbocycles. The lowest BCUT2D eigenvalue weighted by Gasteiger charge is -2.12. The zero-order valence-electron chi connectivity index (χ0n) is 11.0. The van der Waals surface area contributed by atoms with E-state index in [1.165, 1.54) is 0 Å². The van der Waals surface area contributed by atoms with E-state index in [0.29, 0.717) is 30.6 Å². The maximum Gasteiger partial charge on any atom is 0.319 e. The summed E-state index contributed by atoms with van der Waals surface area (Å²) in [5.74, 6) is 0.843. The number of aromatic nitrogens is 1. The van der Waals surface area contributed by atoms with Gasteiger partial charge in [0.05, 0.1) is 13.2 Å². The molecule has 19 heavy (non-hydrogen) atoms. The summed E-state index contributed by atoms with van der Waals surface area (Å²) in [6.07, 6.45) is 2.63. The smallest absolute Gasteiger partial charge is 0.319 e. The molecule has 1 unspecified atom stereocenters. The van der Waals surface area contributed by atoms with E-state index in [2.05, 4.69) is 15.6 Å². The highest BCUT2D eigenvalue weighted by molar-refractivity contribution is 5.90. The van der Waals surface area contributed by atoms with E-state index in [9.17, 15) is 4.79 Å². The van der Waals surface area contributed by atoms with Gasteiger partial charge in [0, 0.05) is 25.3 Å². The third-order valence-corrected chi connectivity index (χ3v) is 2.88. The fourth-order valence-corrected chi connectivity index (χ4v) is 1.89. The summed E-state index contributed by atoms with van der Waals surface area (Å²) in [6.45, 7) is 4.50. The third-order valence-electron chi connectivity index (χ3n) is 2.88. The summed E-state index contributed by atoms with van der Waals surface area (Å²) in [4.78, 5) is 15.9. The maximum atomic E-state index is 11.8. The Kier molecular flexibility index (Phi) is 4.97. The molecule has 2 N–H and O–H groups in total. The molecule has 1 aromatic heterocycles. The van der Waals surface area contributed by atoms with Crippen LogP contribution < -0.4 is 15.4 Å². The summed E-state index contributed by atoms with van der Waals surface area (Å²) in [5, 5.41) is 5.57. The number of nitrogens with one attached hydrogen (secondary N) is 2. The summed E-state index contributed by atoms with van der Waals surface area (Å²) in [6, 6.07) is 3.26. The quantitative estimate of drug-likeness (QED) is 0.849. The first-order valence-corrected chi connectivity index (χ1v) is 6.50. The van der Waals surface area contributed by atoms with Crippen molar-refractivity contribution in [2.45, 2.75) is 13.3 Å². The van der Waals surface area contributed by atoms with Gasteiger partial charge in [0.2, 0.25) is 5.88 Å². The second-order valence-electron chi connectivity index (χ2n) is 4.35. The summed E-state index contributed by atoms with van der Waals surface area (Å²) < 4.78 is 10.6. The molecule has 2 rings (SSSR count). The van der Waals surface area contributed by atoms with Crippen molar-refractivity contribution in [1.82, 2.24) is 10.3 Å². The van der Waals surface area contributed by atoms with Crippen molar-refractivity contribution >= 4 is 11.7 Å². The molecule has 1 saturated heterocycles. The molecule has 1 aliphatic heterocycles. The first-order chi connectivity index (χ1) is 9.29. The number of ether oxygens (including phenoxy) is 2. The average molecular weight is 265 g/mol. The number of pyridine rings is 1. The molecule has 1 aromatic rings. The minimum Gasteiger partial charge on any atom is -0.476 e. The number of nitrogens with zero attached hydrogens (tertiary/aromatic N) is 1. The van der Waals surface area contributed by atoms with Gasteiger partial charge in [0.15, 0.2) is 0 Å². The molecule has 6 heteroatoms. The Labute approximate surface area is 112 Å². The Hall–Kier alpha value is -1.82. The van der Waals surface area contributed by atoms with Crippen molar-refractivity contribution in [2.24, 2.45) is 5.92 Å². The van der Waals surface area contributed by atoms with Crippen LogP contribution in [0, 0.1) is 5.92 Å². The molecule has 1 atom stereocenters.